The number of hydrogen-bond acceptors (Lipinski definition) is 4. The lowest BCUT2D eigenvalue weighted by atomic mass is 9.97. The molecule has 4 unspecified atom stereocenters. The summed E-state index contributed by atoms with van der Waals surface area (Å²) in [5.74, 6) is -2.04. The lowest BCUT2D eigenvalue weighted by Gasteiger charge is -2.26. The van der Waals surface area contributed by atoms with E-state index >= 15 is 0 Å². The molecule has 4 rings (SSSR count). The Balaban J connectivity index is 1.41. The van der Waals surface area contributed by atoms with Crippen LogP contribution in [0.2, 0.25) is 0 Å². The van der Waals surface area contributed by atoms with Crippen LogP contribution in [0.5, 0.6) is 0 Å². The van der Waals surface area contributed by atoms with Gasteiger partial charge in [0.25, 0.3) is 0 Å². The lowest BCUT2D eigenvalue weighted by Crippen LogP contribution is -2.53. The fraction of sp³-hybridized carbons (Fsp3) is 0.444. The monoisotopic (exact) mass is 464 g/mol. The van der Waals surface area contributed by atoms with Crippen LogP contribution in [-0.4, -0.2) is 41.8 Å². The van der Waals surface area contributed by atoms with Gasteiger partial charge in [0.2, 0.25) is 5.91 Å². The molecule has 34 heavy (non-hydrogen) atoms. The summed E-state index contributed by atoms with van der Waals surface area (Å²) in [6.45, 7) is 4.00. The van der Waals surface area contributed by atoms with Gasteiger partial charge in [-0.1, -0.05) is 75.2 Å². The van der Waals surface area contributed by atoms with Crippen LogP contribution in [0.25, 0.3) is 11.1 Å². The molecule has 0 radical (unpaired) electrons. The van der Waals surface area contributed by atoms with Crippen molar-refractivity contribution in [3.8, 4) is 11.1 Å². The van der Waals surface area contributed by atoms with E-state index in [9.17, 15) is 19.5 Å². The Labute approximate surface area is 199 Å². The van der Waals surface area contributed by atoms with Crippen LogP contribution in [0.3, 0.4) is 0 Å². The number of ether oxygens (including phenoxy) is 1. The predicted molar refractivity (Wildman–Crippen MR) is 128 cm³/mol. The Hall–Kier alpha value is -3.35. The molecule has 2 amide bonds. The molecule has 0 aromatic heterocycles. The van der Waals surface area contributed by atoms with Gasteiger partial charge in [0, 0.05) is 12.0 Å². The number of carboxylic acids is 1. The second kappa shape index (κ2) is 10.3. The number of fused-ring (bicyclic) bond motifs is 3. The number of benzene rings is 2. The summed E-state index contributed by atoms with van der Waals surface area (Å²) >= 11 is 0. The quantitative estimate of drug-likeness (QED) is 0.540. The van der Waals surface area contributed by atoms with Gasteiger partial charge in [0.1, 0.15) is 12.6 Å². The molecule has 7 nitrogen and oxygen atoms in total. The summed E-state index contributed by atoms with van der Waals surface area (Å²) in [4.78, 5) is 37.3. The van der Waals surface area contributed by atoms with Crippen LogP contribution in [0.1, 0.15) is 56.6 Å². The number of nitrogens with one attached hydrogen (secondary N) is 2. The van der Waals surface area contributed by atoms with Crippen molar-refractivity contribution in [2.75, 3.05) is 6.61 Å². The molecule has 0 aliphatic heterocycles. The van der Waals surface area contributed by atoms with Crippen molar-refractivity contribution in [1.82, 2.24) is 10.6 Å². The number of hydrogen-bond donors (Lipinski definition) is 3. The zero-order valence-corrected chi connectivity index (χ0v) is 19.6. The Morgan fingerprint density at radius 3 is 2.24 bits per heavy atom. The summed E-state index contributed by atoms with van der Waals surface area (Å²) in [6, 6.07) is 15.0. The molecule has 1 saturated carbocycles. The number of alkyl carbamates (subject to hydrolysis) is 1. The third-order valence-corrected chi connectivity index (χ3v) is 7.27. The first-order valence-corrected chi connectivity index (χ1v) is 12.0. The highest BCUT2D eigenvalue weighted by atomic mass is 16.5. The summed E-state index contributed by atoms with van der Waals surface area (Å²) in [5.41, 5.74) is 4.53. The zero-order chi connectivity index (χ0) is 24.2. The molecule has 7 heteroatoms. The Bertz CT molecular complexity index is 1020. The van der Waals surface area contributed by atoms with E-state index in [1.165, 1.54) is 0 Å². The van der Waals surface area contributed by atoms with Gasteiger partial charge in [-0.2, -0.15) is 0 Å². The van der Waals surface area contributed by atoms with Crippen molar-refractivity contribution in [3.63, 3.8) is 0 Å². The van der Waals surface area contributed by atoms with Gasteiger partial charge in [-0.05, 0) is 41.0 Å². The van der Waals surface area contributed by atoms with E-state index in [0.29, 0.717) is 19.3 Å². The van der Waals surface area contributed by atoms with Crippen LogP contribution in [-0.2, 0) is 14.3 Å². The zero-order valence-electron chi connectivity index (χ0n) is 19.6. The largest absolute Gasteiger partial charge is 0.481 e. The van der Waals surface area contributed by atoms with Crippen LogP contribution in [0, 0.1) is 11.8 Å². The molecule has 0 bridgehead atoms. The molecule has 0 saturated heterocycles. The van der Waals surface area contributed by atoms with E-state index < -0.39 is 30.1 Å². The molecule has 0 heterocycles. The van der Waals surface area contributed by atoms with Crippen molar-refractivity contribution in [3.05, 3.63) is 59.7 Å². The Morgan fingerprint density at radius 1 is 1.03 bits per heavy atom. The topological polar surface area (TPSA) is 105 Å². The van der Waals surface area contributed by atoms with Gasteiger partial charge < -0.3 is 20.5 Å². The molecule has 2 aromatic rings. The molecule has 3 N–H and O–H groups in total. The van der Waals surface area contributed by atoms with Crippen LogP contribution in [0.4, 0.5) is 4.79 Å². The molecule has 0 spiro atoms. The Kier molecular flexibility index (Phi) is 7.20. The molecular formula is C27H32N2O5. The highest BCUT2D eigenvalue weighted by Crippen LogP contribution is 2.44. The second-order valence-corrected chi connectivity index (χ2v) is 9.32. The fourth-order valence-electron chi connectivity index (χ4n) is 5.17. The van der Waals surface area contributed by atoms with Crippen molar-refractivity contribution in [1.29, 1.82) is 0 Å². The van der Waals surface area contributed by atoms with E-state index in [0.717, 1.165) is 28.7 Å². The van der Waals surface area contributed by atoms with Gasteiger partial charge in [-0.15, -0.1) is 0 Å². The number of aliphatic carboxylic acids is 1. The summed E-state index contributed by atoms with van der Waals surface area (Å²) < 4.78 is 5.62. The van der Waals surface area contributed by atoms with Gasteiger partial charge >= 0.3 is 12.1 Å². The number of carbonyl (C=O) groups excluding carboxylic acids is 2. The van der Waals surface area contributed by atoms with E-state index in [1.54, 1.807) is 0 Å². The molecule has 2 aromatic carbocycles. The van der Waals surface area contributed by atoms with Crippen LogP contribution < -0.4 is 10.6 Å². The normalized spacial score (nSPS) is 20.6. The standard InChI is InChI=1S/C27H32N2O5/c1-3-16(2)24(25(30)28-23-14-8-13-21(23)26(31)32)29-27(33)34-15-22-19-11-6-4-9-17(19)18-10-5-7-12-20(18)22/h4-7,9-12,16,21-24H,3,8,13-15H2,1-2H3,(H,28,30)(H,29,33)(H,31,32). The van der Waals surface area contributed by atoms with E-state index in [-0.39, 0.29) is 24.3 Å². The van der Waals surface area contributed by atoms with Crippen LogP contribution >= 0.6 is 0 Å². The lowest BCUT2D eigenvalue weighted by molar-refractivity contribution is -0.142. The maximum absolute atomic E-state index is 13.0. The maximum atomic E-state index is 13.0. The number of carboxylic acid groups (broad SMARTS) is 1. The fourth-order valence-corrected chi connectivity index (χ4v) is 5.17. The summed E-state index contributed by atoms with van der Waals surface area (Å²) in [6.07, 6.45) is 1.96. The minimum Gasteiger partial charge on any atom is -0.481 e. The maximum Gasteiger partial charge on any atom is 0.407 e. The van der Waals surface area contributed by atoms with E-state index in [1.807, 2.05) is 38.1 Å². The molecule has 4 atom stereocenters. The number of rotatable bonds is 8. The first-order valence-electron chi connectivity index (χ1n) is 12.0. The average Bonchev–Trinajstić information content (AvgIpc) is 3.43. The van der Waals surface area contributed by atoms with Gasteiger partial charge in [-0.25, -0.2) is 4.79 Å². The Morgan fingerprint density at radius 2 is 1.65 bits per heavy atom. The van der Waals surface area contributed by atoms with Crippen molar-refractivity contribution in [2.24, 2.45) is 11.8 Å². The number of amides is 2. The van der Waals surface area contributed by atoms with Crippen molar-refractivity contribution in [2.45, 2.75) is 57.5 Å². The summed E-state index contributed by atoms with van der Waals surface area (Å²) in [5, 5.41) is 15.0. The van der Waals surface area contributed by atoms with Gasteiger partial charge in [0.15, 0.2) is 0 Å². The SMILES string of the molecule is CCC(C)C(NC(=O)OCC1c2ccccc2-c2ccccc21)C(=O)NC1CCCC1C(=O)O. The van der Waals surface area contributed by atoms with Crippen molar-refractivity contribution < 1.29 is 24.2 Å². The van der Waals surface area contributed by atoms with Crippen LogP contribution in [0.15, 0.2) is 48.5 Å². The highest BCUT2D eigenvalue weighted by Gasteiger charge is 2.37. The van der Waals surface area contributed by atoms with Crippen molar-refractivity contribution >= 4 is 18.0 Å². The number of carbonyl (C=O) groups is 3. The molecule has 2 aliphatic carbocycles. The molecular weight excluding hydrogens is 432 g/mol. The minimum atomic E-state index is -0.896. The second-order valence-electron chi connectivity index (χ2n) is 9.32. The highest BCUT2D eigenvalue weighted by molar-refractivity contribution is 5.87. The predicted octanol–water partition coefficient (Wildman–Crippen LogP) is 4.31. The van der Waals surface area contributed by atoms with E-state index in [2.05, 4.69) is 34.9 Å². The minimum absolute atomic E-state index is 0.0659. The average molecular weight is 465 g/mol. The molecule has 180 valence electrons. The first kappa shape index (κ1) is 23.8. The first-order chi connectivity index (χ1) is 16.4. The third-order valence-electron chi connectivity index (χ3n) is 7.27. The van der Waals surface area contributed by atoms with E-state index in [4.69, 9.17) is 4.74 Å². The molecule has 2 aliphatic rings. The third kappa shape index (κ3) is 4.79. The smallest absolute Gasteiger partial charge is 0.407 e. The van der Waals surface area contributed by atoms with Gasteiger partial charge in [0.05, 0.1) is 5.92 Å². The molecule has 1 fully saturated rings. The van der Waals surface area contributed by atoms with Gasteiger partial charge in [-0.3, -0.25) is 9.59 Å². The summed E-state index contributed by atoms with van der Waals surface area (Å²) in [7, 11) is 0.